The van der Waals surface area contributed by atoms with Crippen LogP contribution in [0.15, 0.2) is 42.6 Å². The normalized spacial score (nSPS) is 12.0. The van der Waals surface area contributed by atoms with Crippen LogP contribution in [0, 0.1) is 6.92 Å². The van der Waals surface area contributed by atoms with E-state index in [0.29, 0.717) is 5.69 Å². The van der Waals surface area contributed by atoms with Gasteiger partial charge >= 0.3 is 6.18 Å². The maximum atomic E-state index is 12.5. The molecule has 0 saturated heterocycles. The van der Waals surface area contributed by atoms with Crippen LogP contribution in [0.25, 0.3) is 20.7 Å². The van der Waals surface area contributed by atoms with Crippen molar-refractivity contribution in [1.82, 2.24) is 4.98 Å². The van der Waals surface area contributed by atoms with E-state index in [-0.39, 0.29) is 0 Å². The summed E-state index contributed by atoms with van der Waals surface area (Å²) in [5, 5.41) is 1.12. The SMILES string of the molecule is Cc1c(-c2ccc(C(F)(F)F)cn2)sc2ccccc12. The second-order valence-electron chi connectivity index (χ2n) is 4.48. The first-order valence-electron chi connectivity index (χ1n) is 5.98. The van der Waals surface area contributed by atoms with Crippen LogP contribution in [-0.2, 0) is 6.18 Å². The van der Waals surface area contributed by atoms with Gasteiger partial charge in [0.2, 0.25) is 0 Å². The largest absolute Gasteiger partial charge is 0.417 e. The summed E-state index contributed by atoms with van der Waals surface area (Å²) in [5.41, 5.74) is 0.912. The molecule has 0 N–H and O–H groups in total. The Hall–Kier alpha value is -1.88. The highest BCUT2D eigenvalue weighted by molar-refractivity contribution is 7.22. The van der Waals surface area contributed by atoms with Gasteiger partial charge in [-0.2, -0.15) is 13.2 Å². The van der Waals surface area contributed by atoms with Gasteiger partial charge in [-0.05, 0) is 36.1 Å². The maximum absolute atomic E-state index is 12.5. The standard InChI is InChI=1S/C15H10F3NS/c1-9-11-4-2-3-5-13(11)20-14(9)12-7-6-10(8-19-12)15(16,17)18/h2-8H,1H3. The fourth-order valence-electron chi connectivity index (χ4n) is 2.11. The number of hydrogen-bond acceptors (Lipinski definition) is 2. The molecule has 0 aliphatic carbocycles. The van der Waals surface area contributed by atoms with Crippen LogP contribution in [0.4, 0.5) is 13.2 Å². The van der Waals surface area contributed by atoms with Gasteiger partial charge in [0.25, 0.3) is 0 Å². The highest BCUT2D eigenvalue weighted by Crippen LogP contribution is 2.38. The first-order chi connectivity index (χ1) is 9.47. The number of nitrogens with zero attached hydrogens (tertiary/aromatic N) is 1. The smallest absolute Gasteiger partial charge is 0.255 e. The summed E-state index contributed by atoms with van der Waals surface area (Å²) in [6, 6.07) is 10.4. The van der Waals surface area contributed by atoms with Gasteiger partial charge in [-0.15, -0.1) is 11.3 Å². The zero-order valence-electron chi connectivity index (χ0n) is 10.5. The van der Waals surface area contributed by atoms with Gasteiger partial charge in [-0.3, -0.25) is 4.98 Å². The lowest BCUT2D eigenvalue weighted by Crippen LogP contribution is -2.05. The fourth-order valence-corrected chi connectivity index (χ4v) is 3.30. The van der Waals surface area contributed by atoms with Gasteiger partial charge in [-0.25, -0.2) is 0 Å². The van der Waals surface area contributed by atoms with Crippen LogP contribution in [0.5, 0.6) is 0 Å². The molecule has 0 atom stereocenters. The van der Waals surface area contributed by atoms with Crippen molar-refractivity contribution >= 4 is 21.4 Å². The quantitative estimate of drug-likeness (QED) is 0.594. The van der Waals surface area contributed by atoms with Crippen LogP contribution < -0.4 is 0 Å². The first kappa shape index (κ1) is 13.1. The molecular weight excluding hydrogens is 283 g/mol. The molecule has 2 heterocycles. The second-order valence-corrected chi connectivity index (χ2v) is 5.53. The Bertz CT molecular complexity index is 757. The Morgan fingerprint density at radius 1 is 1.05 bits per heavy atom. The Morgan fingerprint density at radius 3 is 2.40 bits per heavy atom. The van der Waals surface area contributed by atoms with Crippen LogP contribution in [0.1, 0.15) is 11.1 Å². The molecule has 0 radical (unpaired) electrons. The minimum absolute atomic E-state index is 0.580. The molecule has 0 unspecified atom stereocenters. The Balaban J connectivity index is 2.09. The van der Waals surface area contributed by atoms with E-state index < -0.39 is 11.7 Å². The molecule has 0 bridgehead atoms. The molecule has 3 aromatic rings. The van der Waals surface area contributed by atoms with Crippen molar-refractivity contribution in [2.75, 3.05) is 0 Å². The van der Waals surface area contributed by atoms with E-state index in [1.54, 1.807) is 11.3 Å². The number of hydrogen-bond donors (Lipinski definition) is 0. The Morgan fingerprint density at radius 2 is 1.80 bits per heavy atom. The molecule has 2 aromatic heterocycles. The van der Waals surface area contributed by atoms with Gasteiger partial charge in [0.15, 0.2) is 0 Å². The van der Waals surface area contributed by atoms with Crippen molar-refractivity contribution < 1.29 is 13.2 Å². The number of alkyl halides is 3. The number of halogens is 3. The number of aromatic nitrogens is 1. The van der Waals surface area contributed by atoms with E-state index in [9.17, 15) is 13.2 Å². The summed E-state index contributed by atoms with van der Waals surface area (Å²) < 4.78 is 38.7. The van der Waals surface area contributed by atoms with Crippen molar-refractivity contribution in [3.8, 4) is 10.6 Å². The highest BCUT2D eigenvalue weighted by atomic mass is 32.1. The summed E-state index contributed by atoms with van der Waals surface area (Å²) in [6.45, 7) is 1.97. The van der Waals surface area contributed by atoms with Crippen LogP contribution in [-0.4, -0.2) is 4.98 Å². The molecule has 5 heteroatoms. The van der Waals surface area contributed by atoms with Crippen LogP contribution >= 0.6 is 11.3 Å². The molecule has 0 spiro atoms. The zero-order valence-corrected chi connectivity index (χ0v) is 11.3. The number of benzene rings is 1. The molecule has 0 amide bonds. The van der Waals surface area contributed by atoms with E-state index >= 15 is 0 Å². The molecule has 1 aromatic carbocycles. The fraction of sp³-hybridized carbons (Fsp3) is 0.133. The van der Waals surface area contributed by atoms with Crippen LogP contribution in [0.2, 0.25) is 0 Å². The number of fused-ring (bicyclic) bond motifs is 1. The van der Waals surface area contributed by atoms with E-state index in [1.807, 2.05) is 31.2 Å². The van der Waals surface area contributed by atoms with E-state index in [4.69, 9.17) is 0 Å². The maximum Gasteiger partial charge on any atom is 0.417 e. The van der Waals surface area contributed by atoms with Gasteiger partial charge in [-0.1, -0.05) is 18.2 Å². The molecule has 3 rings (SSSR count). The average Bonchev–Trinajstić information content (AvgIpc) is 2.76. The minimum Gasteiger partial charge on any atom is -0.255 e. The lowest BCUT2D eigenvalue weighted by molar-refractivity contribution is -0.137. The van der Waals surface area contributed by atoms with Gasteiger partial charge in [0.05, 0.1) is 16.1 Å². The number of aryl methyl sites for hydroxylation is 1. The number of rotatable bonds is 1. The first-order valence-corrected chi connectivity index (χ1v) is 6.80. The summed E-state index contributed by atoms with van der Waals surface area (Å²) in [5.74, 6) is 0. The lowest BCUT2D eigenvalue weighted by atomic mass is 10.1. The van der Waals surface area contributed by atoms with Crippen molar-refractivity contribution in [3.05, 3.63) is 53.7 Å². The third kappa shape index (κ3) is 2.18. The molecule has 0 aliphatic rings. The average molecular weight is 293 g/mol. The third-order valence-electron chi connectivity index (χ3n) is 3.17. The Labute approximate surface area is 117 Å². The molecule has 20 heavy (non-hydrogen) atoms. The summed E-state index contributed by atoms with van der Waals surface area (Å²) in [4.78, 5) is 4.88. The molecule has 1 nitrogen and oxygen atoms in total. The topological polar surface area (TPSA) is 12.9 Å². The predicted molar refractivity (Wildman–Crippen MR) is 74.8 cm³/mol. The van der Waals surface area contributed by atoms with E-state index in [0.717, 1.165) is 32.8 Å². The van der Waals surface area contributed by atoms with Gasteiger partial charge in [0, 0.05) is 10.9 Å². The van der Waals surface area contributed by atoms with Crippen molar-refractivity contribution in [3.63, 3.8) is 0 Å². The van der Waals surface area contributed by atoms with E-state index in [2.05, 4.69) is 4.98 Å². The van der Waals surface area contributed by atoms with Gasteiger partial charge < -0.3 is 0 Å². The zero-order chi connectivity index (χ0) is 14.3. The predicted octanol–water partition coefficient (Wildman–Crippen LogP) is 5.29. The lowest BCUT2D eigenvalue weighted by Gasteiger charge is -2.06. The third-order valence-corrected chi connectivity index (χ3v) is 4.46. The monoisotopic (exact) mass is 293 g/mol. The molecular formula is C15H10F3NS. The van der Waals surface area contributed by atoms with Gasteiger partial charge in [0.1, 0.15) is 0 Å². The minimum atomic E-state index is -4.35. The van der Waals surface area contributed by atoms with Crippen molar-refractivity contribution in [2.45, 2.75) is 13.1 Å². The summed E-state index contributed by atoms with van der Waals surface area (Å²) in [6.07, 6.45) is -3.46. The van der Waals surface area contributed by atoms with Crippen LogP contribution in [0.3, 0.4) is 0 Å². The summed E-state index contributed by atoms with van der Waals surface area (Å²) >= 11 is 1.55. The summed E-state index contributed by atoms with van der Waals surface area (Å²) in [7, 11) is 0. The molecule has 0 fully saturated rings. The second kappa shape index (κ2) is 4.59. The Kier molecular flexibility index (Phi) is 3.01. The van der Waals surface area contributed by atoms with Crippen molar-refractivity contribution in [2.24, 2.45) is 0 Å². The molecule has 0 saturated carbocycles. The van der Waals surface area contributed by atoms with E-state index in [1.165, 1.54) is 6.07 Å². The van der Waals surface area contributed by atoms with Crippen molar-refractivity contribution in [1.29, 1.82) is 0 Å². The molecule has 102 valence electrons. The number of pyridine rings is 1. The highest BCUT2D eigenvalue weighted by Gasteiger charge is 2.30. The number of thiophene rings is 1. The molecule has 0 aliphatic heterocycles.